The van der Waals surface area contributed by atoms with Crippen LogP contribution in [0.1, 0.15) is 46.3 Å². The van der Waals surface area contributed by atoms with Gasteiger partial charge in [0.15, 0.2) is 12.1 Å². The molecular weight excluding hydrogens is 164 g/mol. The summed E-state index contributed by atoms with van der Waals surface area (Å²) in [5.41, 5.74) is 3.15. The van der Waals surface area contributed by atoms with Crippen molar-refractivity contribution < 1.29 is 4.79 Å². The van der Waals surface area contributed by atoms with Crippen LogP contribution in [0.3, 0.4) is 0 Å². The van der Waals surface area contributed by atoms with Crippen LogP contribution in [0.4, 0.5) is 0 Å². The molecule has 1 saturated carbocycles. The van der Waals surface area contributed by atoms with Gasteiger partial charge >= 0.3 is 0 Å². The Hall–Kier alpha value is -1.25. The molecule has 0 aliphatic heterocycles. The number of hydrogen-bond donors (Lipinski definition) is 0. The molecular formula is C10H12N2O. The lowest BCUT2D eigenvalue weighted by Crippen LogP contribution is -2.03. The Balaban J connectivity index is 2.52. The molecule has 1 aliphatic rings. The molecule has 1 aromatic heterocycles. The quantitative estimate of drug-likeness (QED) is 0.645. The number of rotatable bonds is 2. The van der Waals surface area contributed by atoms with E-state index in [9.17, 15) is 4.79 Å². The summed E-state index contributed by atoms with van der Waals surface area (Å²) in [6.45, 7) is 3.95. The third-order valence-electron chi connectivity index (χ3n) is 2.51. The molecule has 3 nitrogen and oxygen atoms in total. The first-order valence-corrected chi connectivity index (χ1v) is 4.52. The van der Waals surface area contributed by atoms with Crippen LogP contribution in [-0.2, 0) is 0 Å². The number of carbonyl (C=O) groups excluding carboxylic acids is 1. The minimum Gasteiger partial charge on any atom is -0.294 e. The maximum atomic E-state index is 10.5. The van der Waals surface area contributed by atoms with Crippen LogP contribution in [0, 0.1) is 13.8 Å². The molecule has 0 spiro atoms. The third-order valence-corrected chi connectivity index (χ3v) is 2.51. The molecule has 0 N–H and O–H groups in total. The van der Waals surface area contributed by atoms with Crippen molar-refractivity contribution >= 4 is 6.29 Å². The van der Waals surface area contributed by atoms with Gasteiger partial charge in [-0.3, -0.25) is 4.79 Å². The summed E-state index contributed by atoms with van der Waals surface area (Å²) in [4.78, 5) is 18.9. The molecule has 1 fully saturated rings. The highest BCUT2D eigenvalue weighted by Gasteiger charge is 2.27. The van der Waals surface area contributed by atoms with E-state index in [2.05, 4.69) is 9.97 Å². The van der Waals surface area contributed by atoms with E-state index < -0.39 is 0 Å². The summed E-state index contributed by atoms with van der Waals surface area (Å²) in [6.07, 6.45) is 3.13. The van der Waals surface area contributed by atoms with E-state index in [1.165, 1.54) is 12.8 Å². The molecule has 0 amide bonds. The van der Waals surface area contributed by atoms with E-state index in [0.717, 1.165) is 23.2 Å². The molecule has 0 aromatic carbocycles. The predicted octanol–water partition coefficient (Wildman–Crippen LogP) is 1.78. The summed E-state index contributed by atoms with van der Waals surface area (Å²) in [6, 6.07) is 0. The highest BCUT2D eigenvalue weighted by Crippen LogP contribution is 2.40. The van der Waals surface area contributed by atoms with Crippen molar-refractivity contribution in [2.45, 2.75) is 32.6 Å². The van der Waals surface area contributed by atoms with E-state index in [-0.39, 0.29) is 0 Å². The van der Waals surface area contributed by atoms with Crippen molar-refractivity contribution in [3.8, 4) is 0 Å². The number of hydrogen-bond acceptors (Lipinski definition) is 3. The van der Waals surface area contributed by atoms with E-state index in [4.69, 9.17) is 0 Å². The number of aromatic nitrogens is 2. The summed E-state index contributed by atoms with van der Waals surface area (Å²) in [5.74, 6) is 0.908. The number of carbonyl (C=O) groups is 1. The lowest BCUT2D eigenvalue weighted by Gasteiger charge is -2.05. The van der Waals surface area contributed by atoms with E-state index in [1.54, 1.807) is 0 Å². The van der Waals surface area contributed by atoms with Gasteiger partial charge in [0, 0.05) is 11.6 Å². The minimum atomic E-state index is 0.324. The molecule has 2 rings (SSSR count). The second-order valence-corrected chi connectivity index (χ2v) is 3.57. The Bertz CT molecular complexity index is 356. The lowest BCUT2D eigenvalue weighted by molar-refractivity contribution is 0.111. The van der Waals surface area contributed by atoms with Crippen LogP contribution in [0.5, 0.6) is 0 Å². The van der Waals surface area contributed by atoms with Gasteiger partial charge < -0.3 is 0 Å². The van der Waals surface area contributed by atoms with Gasteiger partial charge in [-0.15, -0.1) is 0 Å². The van der Waals surface area contributed by atoms with Gasteiger partial charge in [-0.25, -0.2) is 9.97 Å². The molecule has 1 heterocycles. The van der Waals surface area contributed by atoms with Crippen molar-refractivity contribution in [2.75, 3.05) is 0 Å². The fourth-order valence-electron chi connectivity index (χ4n) is 1.48. The first-order valence-electron chi connectivity index (χ1n) is 4.52. The van der Waals surface area contributed by atoms with Crippen LogP contribution in [0.2, 0.25) is 0 Å². The molecule has 1 aliphatic carbocycles. The Morgan fingerprint density at radius 2 is 2.00 bits per heavy atom. The SMILES string of the molecule is Cc1nc(C=O)nc(C2CC2)c1C. The average Bonchev–Trinajstić information content (AvgIpc) is 2.92. The zero-order chi connectivity index (χ0) is 9.42. The van der Waals surface area contributed by atoms with E-state index >= 15 is 0 Å². The first kappa shape index (κ1) is 8.35. The summed E-state index contributed by atoms with van der Waals surface area (Å²) in [7, 11) is 0. The van der Waals surface area contributed by atoms with E-state index in [1.807, 2.05) is 13.8 Å². The van der Waals surface area contributed by atoms with Crippen LogP contribution in [0.25, 0.3) is 0 Å². The zero-order valence-electron chi connectivity index (χ0n) is 7.87. The second kappa shape index (κ2) is 2.91. The van der Waals surface area contributed by atoms with Crippen molar-refractivity contribution in [2.24, 2.45) is 0 Å². The van der Waals surface area contributed by atoms with Gasteiger partial charge in [0.2, 0.25) is 0 Å². The molecule has 13 heavy (non-hydrogen) atoms. The van der Waals surface area contributed by atoms with Gasteiger partial charge in [-0.2, -0.15) is 0 Å². The van der Waals surface area contributed by atoms with Crippen molar-refractivity contribution in [3.05, 3.63) is 22.8 Å². The van der Waals surface area contributed by atoms with Crippen LogP contribution in [0.15, 0.2) is 0 Å². The number of aldehydes is 1. The molecule has 0 atom stereocenters. The summed E-state index contributed by atoms with van der Waals surface area (Å²) >= 11 is 0. The molecule has 0 unspecified atom stereocenters. The van der Waals surface area contributed by atoms with Gasteiger partial charge in [-0.05, 0) is 32.3 Å². The Morgan fingerprint density at radius 3 is 2.54 bits per heavy atom. The highest BCUT2D eigenvalue weighted by atomic mass is 16.1. The largest absolute Gasteiger partial charge is 0.294 e. The fourth-order valence-corrected chi connectivity index (χ4v) is 1.48. The molecule has 68 valence electrons. The van der Waals surface area contributed by atoms with Gasteiger partial charge in [-0.1, -0.05) is 0 Å². The standard InChI is InChI=1S/C10H12N2O/c1-6-7(2)11-9(5-13)12-10(6)8-3-4-8/h5,8H,3-4H2,1-2H3. The fraction of sp³-hybridized carbons (Fsp3) is 0.500. The molecule has 1 aromatic rings. The molecule has 0 bridgehead atoms. The van der Waals surface area contributed by atoms with Crippen LogP contribution < -0.4 is 0 Å². The Kier molecular flexibility index (Phi) is 1.87. The molecule has 0 radical (unpaired) electrons. The Labute approximate surface area is 77.2 Å². The maximum absolute atomic E-state index is 10.5. The molecule has 0 saturated heterocycles. The predicted molar refractivity (Wildman–Crippen MR) is 48.9 cm³/mol. The lowest BCUT2D eigenvalue weighted by atomic mass is 10.1. The molecule has 3 heteroatoms. The van der Waals surface area contributed by atoms with Gasteiger partial charge in [0.05, 0.1) is 5.69 Å². The summed E-state index contributed by atoms with van der Waals surface area (Å²) < 4.78 is 0. The normalized spacial score (nSPS) is 15.8. The van der Waals surface area contributed by atoms with Crippen LogP contribution >= 0.6 is 0 Å². The van der Waals surface area contributed by atoms with Crippen LogP contribution in [-0.4, -0.2) is 16.3 Å². The highest BCUT2D eigenvalue weighted by molar-refractivity contribution is 5.69. The average molecular weight is 176 g/mol. The Morgan fingerprint density at radius 1 is 1.31 bits per heavy atom. The second-order valence-electron chi connectivity index (χ2n) is 3.57. The van der Waals surface area contributed by atoms with Crippen molar-refractivity contribution in [3.63, 3.8) is 0 Å². The maximum Gasteiger partial charge on any atom is 0.193 e. The minimum absolute atomic E-state index is 0.324. The van der Waals surface area contributed by atoms with Gasteiger partial charge in [0.25, 0.3) is 0 Å². The van der Waals surface area contributed by atoms with Crippen molar-refractivity contribution in [1.29, 1.82) is 0 Å². The van der Waals surface area contributed by atoms with Crippen molar-refractivity contribution in [1.82, 2.24) is 9.97 Å². The third kappa shape index (κ3) is 1.46. The monoisotopic (exact) mass is 176 g/mol. The summed E-state index contributed by atoms with van der Waals surface area (Å²) in [5, 5.41) is 0. The topological polar surface area (TPSA) is 42.9 Å². The van der Waals surface area contributed by atoms with Gasteiger partial charge in [0.1, 0.15) is 0 Å². The number of nitrogens with zero attached hydrogens (tertiary/aromatic N) is 2. The first-order chi connectivity index (χ1) is 6.22. The van der Waals surface area contributed by atoms with E-state index in [0.29, 0.717) is 11.7 Å². The zero-order valence-corrected chi connectivity index (χ0v) is 7.87. The number of aryl methyl sites for hydroxylation is 1. The smallest absolute Gasteiger partial charge is 0.193 e.